The Kier molecular flexibility index (Phi) is 9.42. The Hall–Kier alpha value is -4.50. The molecule has 3 amide bonds. The minimum absolute atomic E-state index is 0.0981. The maximum Gasteiger partial charge on any atom is 0.343 e. The third-order valence-corrected chi connectivity index (χ3v) is 6.39. The van der Waals surface area contributed by atoms with Crippen LogP contribution in [0.25, 0.3) is 0 Å². The molecular weight excluding hydrogens is 520 g/mol. The van der Waals surface area contributed by atoms with E-state index in [1.54, 1.807) is 60.7 Å². The van der Waals surface area contributed by atoms with Gasteiger partial charge in [0.15, 0.2) is 0 Å². The molecule has 0 radical (unpaired) electrons. The van der Waals surface area contributed by atoms with Crippen molar-refractivity contribution in [3.63, 3.8) is 0 Å². The second-order valence-electron chi connectivity index (χ2n) is 8.94. The molecule has 3 N–H and O–H groups in total. The van der Waals surface area contributed by atoms with Crippen molar-refractivity contribution < 1.29 is 23.9 Å². The fourth-order valence-corrected chi connectivity index (χ4v) is 4.24. The second kappa shape index (κ2) is 13.3. The minimum atomic E-state index is -1.04. The fourth-order valence-electron chi connectivity index (χ4n) is 4.12. The number of hydrazone groups is 1. The van der Waals surface area contributed by atoms with Crippen LogP contribution >= 0.6 is 11.6 Å². The molecule has 1 saturated carbocycles. The topological polar surface area (TPSA) is 126 Å². The van der Waals surface area contributed by atoms with Gasteiger partial charge in [-0.3, -0.25) is 14.4 Å². The van der Waals surface area contributed by atoms with Crippen molar-refractivity contribution in [2.45, 2.75) is 38.1 Å². The molecule has 0 atom stereocenters. The van der Waals surface area contributed by atoms with E-state index in [9.17, 15) is 19.2 Å². The van der Waals surface area contributed by atoms with Gasteiger partial charge in [-0.1, -0.05) is 55.1 Å². The molecule has 0 unspecified atom stereocenters. The van der Waals surface area contributed by atoms with Crippen LogP contribution in [0.5, 0.6) is 5.75 Å². The Morgan fingerprint density at radius 1 is 0.846 bits per heavy atom. The molecule has 10 heteroatoms. The van der Waals surface area contributed by atoms with E-state index in [1.807, 2.05) is 0 Å². The molecule has 0 saturated heterocycles. The van der Waals surface area contributed by atoms with Crippen molar-refractivity contribution in [1.82, 2.24) is 10.7 Å². The highest BCUT2D eigenvalue weighted by Crippen LogP contribution is 2.21. The number of carbonyl (C=O) groups excluding carboxylic acids is 4. The average Bonchev–Trinajstić information content (AvgIpc) is 2.95. The first-order chi connectivity index (χ1) is 18.9. The van der Waals surface area contributed by atoms with Crippen LogP contribution < -0.4 is 20.8 Å². The first kappa shape index (κ1) is 27.5. The van der Waals surface area contributed by atoms with Gasteiger partial charge in [0.1, 0.15) is 5.75 Å². The van der Waals surface area contributed by atoms with Gasteiger partial charge in [0.05, 0.1) is 23.0 Å². The monoisotopic (exact) mass is 546 g/mol. The Balaban J connectivity index is 1.35. The zero-order valence-electron chi connectivity index (χ0n) is 21.0. The highest BCUT2D eigenvalue weighted by Gasteiger charge is 2.21. The van der Waals surface area contributed by atoms with E-state index in [0.29, 0.717) is 16.1 Å². The zero-order chi connectivity index (χ0) is 27.6. The first-order valence-electron chi connectivity index (χ1n) is 12.5. The van der Waals surface area contributed by atoms with Gasteiger partial charge in [-0.05, 0) is 61.4 Å². The molecule has 3 aromatic rings. The number of para-hydroxylation sites is 2. The Morgan fingerprint density at radius 3 is 2.31 bits per heavy atom. The summed E-state index contributed by atoms with van der Waals surface area (Å²) in [6.45, 7) is 0. The highest BCUT2D eigenvalue weighted by atomic mass is 35.5. The lowest BCUT2D eigenvalue weighted by atomic mass is 9.95. The number of rotatable bonds is 7. The summed E-state index contributed by atoms with van der Waals surface area (Å²) in [5.41, 5.74) is 3.33. The standard InChI is InChI=1S/C29H27ClN4O5/c30-21-16-14-19(15-17-21)29(38)39-25-13-7-4-8-20(25)18-31-34-28(37)27(36)33-24-12-6-5-11-23(24)26(35)32-22-9-2-1-3-10-22/h4-8,11-18,22H,1-3,9-10H2,(H,32,35)(H,33,36)(H,34,37)/b31-18+. The summed E-state index contributed by atoms with van der Waals surface area (Å²) in [5.74, 6) is -2.72. The van der Waals surface area contributed by atoms with E-state index in [1.165, 1.54) is 18.3 Å². The van der Waals surface area contributed by atoms with Crippen LogP contribution in [0.4, 0.5) is 5.69 Å². The number of benzene rings is 3. The highest BCUT2D eigenvalue weighted by molar-refractivity contribution is 6.40. The summed E-state index contributed by atoms with van der Waals surface area (Å²) in [7, 11) is 0. The van der Waals surface area contributed by atoms with Crippen LogP contribution in [-0.4, -0.2) is 35.9 Å². The van der Waals surface area contributed by atoms with Crippen LogP contribution in [-0.2, 0) is 9.59 Å². The molecule has 1 aliphatic rings. The number of halogens is 1. The number of amides is 3. The normalized spacial score (nSPS) is 13.5. The largest absolute Gasteiger partial charge is 0.422 e. The first-order valence-corrected chi connectivity index (χ1v) is 12.9. The van der Waals surface area contributed by atoms with Crippen molar-refractivity contribution in [1.29, 1.82) is 0 Å². The number of hydrogen-bond donors (Lipinski definition) is 3. The molecule has 3 aromatic carbocycles. The Morgan fingerprint density at radius 2 is 1.54 bits per heavy atom. The summed E-state index contributed by atoms with van der Waals surface area (Å²) in [6, 6.07) is 19.4. The number of carbonyl (C=O) groups is 4. The van der Waals surface area contributed by atoms with Crippen molar-refractivity contribution in [2.24, 2.45) is 5.10 Å². The molecule has 39 heavy (non-hydrogen) atoms. The molecule has 1 aliphatic carbocycles. The summed E-state index contributed by atoms with van der Waals surface area (Å²) in [4.78, 5) is 50.1. The molecule has 200 valence electrons. The van der Waals surface area contributed by atoms with Crippen molar-refractivity contribution in [3.8, 4) is 5.75 Å². The SMILES string of the molecule is O=C(N/N=C/c1ccccc1OC(=O)c1ccc(Cl)cc1)C(=O)Nc1ccccc1C(=O)NC1CCCCC1. The lowest BCUT2D eigenvalue weighted by Gasteiger charge is -2.23. The van der Waals surface area contributed by atoms with Crippen molar-refractivity contribution in [3.05, 3.63) is 94.5 Å². The molecule has 1 fully saturated rings. The summed E-state index contributed by atoms with van der Waals surface area (Å²) in [6.07, 6.45) is 6.39. The number of ether oxygens (including phenoxy) is 1. The molecule has 0 heterocycles. The van der Waals surface area contributed by atoms with Gasteiger partial charge in [0.2, 0.25) is 0 Å². The Bertz CT molecular complexity index is 1380. The summed E-state index contributed by atoms with van der Waals surface area (Å²) < 4.78 is 5.44. The predicted octanol–water partition coefficient (Wildman–Crippen LogP) is 4.71. The number of nitrogens with zero attached hydrogens (tertiary/aromatic N) is 1. The van der Waals surface area contributed by atoms with E-state index >= 15 is 0 Å². The van der Waals surface area contributed by atoms with Crippen LogP contribution in [0.1, 0.15) is 58.4 Å². The van der Waals surface area contributed by atoms with Crippen molar-refractivity contribution in [2.75, 3.05) is 5.32 Å². The molecule has 0 aromatic heterocycles. The van der Waals surface area contributed by atoms with Gasteiger partial charge < -0.3 is 15.4 Å². The minimum Gasteiger partial charge on any atom is -0.422 e. The van der Waals surface area contributed by atoms with Gasteiger partial charge in [-0.2, -0.15) is 5.10 Å². The summed E-state index contributed by atoms with van der Waals surface area (Å²) in [5, 5.41) is 9.79. The summed E-state index contributed by atoms with van der Waals surface area (Å²) >= 11 is 5.86. The molecule has 0 spiro atoms. The maximum absolute atomic E-state index is 12.8. The molecule has 9 nitrogen and oxygen atoms in total. The number of hydrogen-bond acceptors (Lipinski definition) is 6. The van der Waals surface area contributed by atoms with Gasteiger partial charge in [0, 0.05) is 16.6 Å². The van der Waals surface area contributed by atoms with E-state index in [0.717, 1.165) is 32.1 Å². The molecular formula is C29H27ClN4O5. The third kappa shape index (κ3) is 7.75. The maximum atomic E-state index is 12.8. The third-order valence-electron chi connectivity index (χ3n) is 6.14. The lowest BCUT2D eigenvalue weighted by Crippen LogP contribution is -2.37. The van der Waals surface area contributed by atoms with Crippen LogP contribution in [0.15, 0.2) is 77.9 Å². The van der Waals surface area contributed by atoms with Crippen LogP contribution in [0.3, 0.4) is 0 Å². The van der Waals surface area contributed by atoms with Gasteiger partial charge in [-0.25, -0.2) is 10.2 Å². The average molecular weight is 547 g/mol. The van der Waals surface area contributed by atoms with E-state index < -0.39 is 17.8 Å². The molecule has 4 rings (SSSR count). The van der Waals surface area contributed by atoms with E-state index in [-0.39, 0.29) is 28.9 Å². The fraction of sp³-hybridized carbons (Fsp3) is 0.207. The Labute approximate surface area is 230 Å². The predicted molar refractivity (Wildman–Crippen MR) is 148 cm³/mol. The van der Waals surface area contributed by atoms with Crippen LogP contribution in [0, 0.1) is 0 Å². The van der Waals surface area contributed by atoms with E-state index in [4.69, 9.17) is 16.3 Å². The van der Waals surface area contributed by atoms with Gasteiger partial charge in [-0.15, -0.1) is 0 Å². The number of esters is 1. The van der Waals surface area contributed by atoms with Crippen molar-refractivity contribution >= 4 is 47.2 Å². The quantitative estimate of drug-likeness (QED) is 0.130. The van der Waals surface area contributed by atoms with Gasteiger partial charge in [0.25, 0.3) is 5.91 Å². The molecule has 0 aliphatic heterocycles. The molecule has 0 bridgehead atoms. The number of anilines is 1. The van der Waals surface area contributed by atoms with E-state index in [2.05, 4.69) is 21.2 Å². The van der Waals surface area contributed by atoms with Gasteiger partial charge >= 0.3 is 17.8 Å². The lowest BCUT2D eigenvalue weighted by molar-refractivity contribution is -0.136. The zero-order valence-corrected chi connectivity index (χ0v) is 21.7. The number of nitrogens with one attached hydrogen (secondary N) is 3. The second-order valence-corrected chi connectivity index (χ2v) is 9.38. The van der Waals surface area contributed by atoms with Crippen LogP contribution in [0.2, 0.25) is 5.02 Å². The smallest absolute Gasteiger partial charge is 0.343 e.